The first-order chi connectivity index (χ1) is 15.9. The Hall–Kier alpha value is -3.35. The van der Waals surface area contributed by atoms with Crippen LogP contribution in [-0.4, -0.2) is 41.8 Å². The highest BCUT2D eigenvalue weighted by Crippen LogP contribution is 2.44. The number of amides is 2. The highest BCUT2D eigenvalue weighted by atomic mass is 16.5. The van der Waals surface area contributed by atoms with Crippen LogP contribution < -0.4 is 10.6 Å². The van der Waals surface area contributed by atoms with Crippen LogP contribution in [0.15, 0.2) is 48.5 Å². The number of carboxylic acids is 1. The molecule has 1 saturated carbocycles. The van der Waals surface area contributed by atoms with E-state index in [0.29, 0.717) is 6.42 Å². The lowest BCUT2D eigenvalue weighted by Crippen LogP contribution is -2.44. The van der Waals surface area contributed by atoms with Gasteiger partial charge in [-0.05, 0) is 48.4 Å². The van der Waals surface area contributed by atoms with Crippen LogP contribution in [0.3, 0.4) is 0 Å². The Labute approximate surface area is 193 Å². The summed E-state index contributed by atoms with van der Waals surface area (Å²) in [5.74, 6) is -1.33. The van der Waals surface area contributed by atoms with E-state index in [0.717, 1.165) is 30.4 Å². The van der Waals surface area contributed by atoms with Crippen molar-refractivity contribution in [3.63, 3.8) is 0 Å². The molecule has 0 aromatic heterocycles. The molecule has 3 atom stereocenters. The molecule has 2 aromatic rings. The van der Waals surface area contributed by atoms with Gasteiger partial charge in [0.2, 0.25) is 5.91 Å². The van der Waals surface area contributed by atoms with Gasteiger partial charge in [-0.3, -0.25) is 9.59 Å². The minimum Gasteiger partial charge on any atom is -0.481 e. The maximum Gasteiger partial charge on any atom is 0.407 e. The largest absolute Gasteiger partial charge is 0.481 e. The van der Waals surface area contributed by atoms with Gasteiger partial charge in [-0.2, -0.15) is 0 Å². The zero-order chi connectivity index (χ0) is 23.4. The van der Waals surface area contributed by atoms with Crippen molar-refractivity contribution in [3.8, 4) is 11.1 Å². The second-order valence-electron chi connectivity index (χ2n) is 9.04. The van der Waals surface area contributed by atoms with Crippen molar-refractivity contribution >= 4 is 18.0 Å². The van der Waals surface area contributed by atoms with Gasteiger partial charge in [0.05, 0.1) is 6.42 Å². The number of carbonyl (C=O) groups excluding carboxylic acids is 2. The molecule has 0 bridgehead atoms. The summed E-state index contributed by atoms with van der Waals surface area (Å²) >= 11 is 0. The highest BCUT2D eigenvalue weighted by molar-refractivity contribution is 5.80. The van der Waals surface area contributed by atoms with Crippen LogP contribution in [-0.2, 0) is 14.3 Å². The number of ether oxygens (including phenoxy) is 1. The van der Waals surface area contributed by atoms with Crippen molar-refractivity contribution < 1.29 is 24.2 Å². The summed E-state index contributed by atoms with van der Waals surface area (Å²) in [5, 5.41) is 14.6. The molecule has 0 spiro atoms. The first-order valence-electron chi connectivity index (χ1n) is 11.6. The lowest BCUT2D eigenvalue weighted by atomic mass is 9.85. The summed E-state index contributed by atoms with van der Waals surface area (Å²) in [5.41, 5.74) is 4.69. The molecule has 2 aromatic carbocycles. The fraction of sp³-hybridized carbons (Fsp3) is 0.423. The van der Waals surface area contributed by atoms with Gasteiger partial charge in [0.15, 0.2) is 0 Å². The van der Waals surface area contributed by atoms with Gasteiger partial charge in [-0.1, -0.05) is 55.0 Å². The molecule has 7 heteroatoms. The van der Waals surface area contributed by atoms with Crippen LogP contribution in [0, 0.1) is 5.92 Å². The molecule has 0 saturated heterocycles. The van der Waals surface area contributed by atoms with Crippen LogP contribution in [0.4, 0.5) is 4.79 Å². The van der Waals surface area contributed by atoms with Crippen molar-refractivity contribution in [2.24, 2.45) is 5.92 Å². The molecule has 2 amide bonds. The van der Waals surface area contributed by atoms with E-state index in [9.17, 15) is 14.4 Å². The van der Waals surface area contributed by atoms with Gasteiger partial charge in [-0.15, -0.1) is 0 Å². The van der Waals surface area contributed by atoms with Crippen molar-refractivity contribution in [1.82, 2.24) is 10.6 Å². The Kier molecular flexibility index (Phi) is 6.96. The normalized spacial score (nSPS) is 20.3. The fourth-order valence-electron chi connectivity index (χ4n) is 5.04. The van der Waals surface area contributed by atoms with Crippen molar-refractivity contribution in [1.29, 1.82) is 0 Å². The van der Waals surface area contributed by atoms with E-state index in [1.54, 1.807) is 6.92 Å². The molecule has 33 heavy (non-hydrogen) atoms. The van der Waals surface area contributed by atoms with Crippen LogP contribution in [0.1, 0.15) is 56.1 Å². The first-order valence-corrected chi connectivity index (χ1v) is 11.6. The van der Waals surface area contributed by atoms with E-state index in [1.165, 1.54) is 11.1 Å². The summed E-state index contributed by atoms with van der Waals surface area (Å²) in [7, 11) is 0. The summed E-state index contributed by atoms with van der Waals surface area (Å²) in [6.45, 7) is 1.93. The van der Waals surface area contributed by atoms with Gasteiger partial charge in [0.25, 0.3) is 0 Å². The third kappa shape index (κ3) is 5.35. The third-order valence-electron chi connectivity index (χ3n) is 6.58. The topological polar surface area (TPSA) is 105 Å². The third-order valence-corrected chi connectivity index (χ3v) is 6.58. The standard InChI is InChI=1S/C26H30N2O5/c1-16(13-24(29)30)27-25(31)17-7-6-8-18(14-17)28-26(32)33-15-23-21-11-4-2-9-19(21)20-10-3-5-12-22(20)23/h2-5,9-12,16-18,23H,6-8,13-15H2,1H3,(H,27,31)(H,28,32)(H,29,30)/t16-,17-,18+/m1/s1. The zero-order valence-electron chi connectivity index (χ0n) is 18.8. The zero-order valence-corrected chi connectivity index (χ0v) is 18.8. The number of nitrogens with one attached hydrogen (secondary N) is 2. The van der Waals surface area contributed by atoms with Crippen LogP contribution in [0.2, 0.25) is 0 Å². The van der Waals surface area contributed by atoms with Crippen molar-refractivity contribution in [2.75, 3.05) is 6.61 Å². The number of hydrogen-bond acceptors (Lipinski definition) is 4. The smallest absolute Gasteiger partial charge is 0.407 e. The average Bonchev–Trinajstić information content (AvgIpc) is 3.11. The van der Waals surface area contributed by atoms with Crippen LogP contribution in [0.25, 0.3) is 11.1 Å². The lowest BCUT2D eigenvalue weighted by molar-refractivity contribution is -0.137. The molecule has 7 nitrogen and oxygen atoms in total. The average molecular weight is 451 g/mol. The number of rotatable bonds is 7. The Balaban J connectivity index is 1.30. The number of alkyl carbamates (subject to hydrolysis) is 1. The Morgan fingerprint density at radius 2 is 1.67 bits per heavy atom. The molecule has 0 heterocycles. The highest BCUT2D eigenvalue weighted by Gasteiger charge is 2.31. The van der Waals surface area contributed by atoms with Crippen molar-refractivity contribution in [3.05, 3.63) is 59.7 Å². The number of aliphatic carboxylic acids is 1. The van der Waals surface area contributed by atoms with Gasteiger partial charge in [0.1, 0.15) is 6.61 Å². The molecule has 2 aliphatic rings. The van der Waals surface area contributed by atoms with E-state index in [2.05, 4.69) is 34.9 Å². The SMILES string of the molecule is C[C@H](CC(=O)O)NC(=O)[C@@H]1CCC[C@H](NC(=O)OCC2c3ccccc3-c3ccccc32)C1. The molecule has 0 radical (unpaired) electrons. The second-order valence-corrected chi connectivity index (χ2v) is 9.04. The lowest BCUT2D eigenvalue weighted by Gasteiger charge is -2.29. The minimum atomic E-state index is -0.943. The first kappa shape index (κ1) is 22.8. The van der Waals surface area contributed by atoms with Crippen LogP contribution >= 0.6 is 0 Å². The number of benzene rings is 2. The summed E-state index contributed by atoms with van der Waals surface area (Å²) in [6, 6.07) is 15.8. The monoisotopic (exact) mass is 450 g/mol. The Morgan fingerprint density at radius 3 is 2.30 bits per heavy atom. The fourth-order valence-corrected chi connectivity index (χ4v) is 5.04. The van der Waals surface area contributed by atoms with Gasteiger partial charge in [-0.25, -0.2) is 4.79 Å². The van der Waals surface area contributed by atoms with Gasteiger partial charge in [0, 0.05) is 23.9 Å². The second kappa shape index (κ2) is 10.1. The molecule has 0 unspecified atom stereocenters. The summed E-state index contributed by atoms with van der Waals surface area (Å²) < 4.78 is 5.63. The predicted octanol–water partition coefficient (Wildman–Crippen LogP) is 4.06. The minimum absolute atomic E-state index is 0.00348. The van der Waals surface area contributed by atoms with Crippen molar-refractivity contribution in [2.45, 2.75) is 57.0 Å². The molecule has 174 valence electrons. The maximum atomic E-state index is 12.6. The number of carboxylic acid groups (broad SMARTS) is 1. The molecule has 2 aliphatic carbocycles. The predicted molar refractivity (Wildman–Crippen MR) is 124 cm³/mol. The molecule has 3 N–H and O–H groups in total. The van der Waals surface area contributed by atoms with E-state index >= 15 is 0 Å². The van der Waals surface area contributed by atoms with Crippen LogP contribution in [0.5, 0.6) is 0 Å². The van der Waals surface area contributed by atoms with Gasteiger partial charge >= 0.3 is 12.1 Å². The number of hydrogen-bond donors (Lipinski definition) is 3. The molecular weight excluding hydrogens is 420 g/mol. The Bertz CT molecular complexity index is 991. The summed E-state index contributed by atoms with van der Waals surface area (Å²) in [4.78, 5) is 35.9. The van der Waals surface area contributed by atoms with E-state index in [-0.39, 0.29) is 36.8 Å². The quantitative estimate of drug-likeness (QED) is 0.590. The van der Waals surface area contributed by atoms with Gasteiger partial charge < -0.3 is 20.5 Å². The number of fused-ring (bicyclic) bond motifs is 3. The molecular formula is C26H30N2O5. The Morgan fingerprint density at radius 1 is 1.03 bits per heavy atom. The van der Waals surface area contributed by atoms with E-state index in [4.69, 9.17) is 9.84 Å². The maximum absolute atomic E-state index is 12.6. The van der Waals surface area contributed by atoms with E-state index < -0.39 is 18.1 Å². The summed E-state index contributed by atoms with van der Waals surface area (Å²) in [6.07, 6.45) is 2.28. The molecule has 4 rings (SSSR count). The molecule has 1 fully saturated rings. The number of carbonyl (C=O) groups is 3. The van der Waals surface area contributed by atoms with E-state index in [1.807, 2.05) is 24.3 Å². The molecule has 0 aliphatic heterocycles.